The minimum atomic E-state index is -0.296. The van der Waals surface area contributed by atoms with Crippen LogP contribution in [0.15, 0.2) is 48.3 Å². The molecular formula is C24H28N2O4. The summed E-state index contributed by atoms with van der Waals surface area (Å²) in [7, 11) is 5.75. The van der Waals surface area contributed by atoms with Gasteiger partial charge >= 0.3 is 5.97 Å². The van der Waals surface area contributed by atoms with Crippen LogP contribution in [0.5, 0.6) is 11.5 Å². The van der Waals surface area contributed by atoms with Crippen LogP contribution < -0.4 is 9.47 Å². The second-order valence-corrected chi connectivity index (χ2v) is 8.71. The Labute approximate surface area is 177 Å². The number of hydrogen-bond acceptors (Lipinski definition) is 6. The monoisotopic (exact) mass is 408 g/mol. The zero-order chi connectivity index (χ0) is 20.9. The molecule has 3 atom stereocenters. The highest BCUT2D eigenvalue weighted by Gasteiger charge is 2.53. The average molecular weight is 408 g/mol. The van der Waals surface area contributed by atoms with Crippen molar-refractivity contribution in [1.82, 2.24) is 9.80 Å². The molecule has 0 N–H and O–H groups in total. The van der Waals surface area contributed by atoms with Crippen molar-refractivity contribution < 1.29 is 19.0 Å². The third-order valence-electron chi connectivity index (χ3n) is 6.69. The Bertz CT molecular complexity index is 966. The van der Waals surface area contributed by atoms with Crippen LogP contribution in [0.2, 0.25) is 0 Å². The van der Waals surface area contributed by atoms with E-state index in [9.17, 15) is 4.79 Å². The lowest BCUT2D eigenvalue weighted by Gasteiger charge is -2.36. The number of benzene rings is 1. The summed E-state index contributed by atoms with van der Waals surface area (Å²) in [6, 6.07) is 4.16. The molecule has 0 fully saturated rings. The molecule has 0 saturated carbocycles. The molecule has 3 heterocycles. The second kappa shape index (κ2) is 7.20. The number of methoxy groups -OCH3 is 1. The number of allylic oxidation sites excluding steroid dienone is 1. The van der Waals surface area contributed by atoms with Gasteiger partial charge in [-0.25, -0.2) is 4.79 Å². The smallest absolute Gasteiger partial charge is 0.336 e. The van der Waals surface area contributed by atoms with E-state index < -0.39 is 0 Å². The molecule has 0 bridgehead atoms. The van der Waals surface area contributed by atoms with Gasteiger partial charge in [0, 0.05) is 38.2 Å². The van der Waals surface area contributed by atoms with Crippen LogP contribution in [0.4, 0.5) is 0 Å². The van der Waals surface area contributed by atoms with Crippen molar-refractivity contribution in [3.05, 3.63) is 59.5 Å². The third kappa shape index (κ3) is 3.01. The first-order valence-electron chi connectivity index (χ1n) is 10.6. The van der Waals surface area contributed by atoms with Gasteiger partial charge in [-0.2, -0.15) is 0 Å². The van der Waals surface area contributed by atoms with Gasteiger partial charge in [-0.3, -0.25) is 0 Å². The van der Waals surface area contributed by atoms with E-state index in [1.165, 1.54) is 11.1 Å². The van der Waals surface area contributed by atoms with Crippen LogP contribution in [-0.4, -0.2) is 55.7 Å². The van der Waals surface area contributed by atoms with Gasteiger partial charge in [-0.1, -0.05) is 18.2 Å². The standard InChI is InChI=1S/C24H28N2O4/c1-25-11-4-5-17(15-25)23(27)29-18-8-9-24-10-12-26(2)14-16-6-7-19(28-3)22(21(16)24)30-20(24)13-18/h4,6-9,11,15,18,20H,5,10,12-14H2,1-3H3/t18-,20-,24-/m0/s1. The molecule has 158 valence electrons. The highest BCUT2D eigenvalue weighted by atomic mass is 16.6. The summed E-state index contributed by atoms with van der Waals surface area (Å²) in [5.74, 6) is 1.37. The first-order chi connectivity index (χ1) is 14.5. The van der Waals surface area contributed by atoms with Crippen LogP contribution in [0, 0.1) is 0 Å². The molecule has 1 aromatic rings. The summed E-state index contributed by atoms with van der Waals surface area (Å²) in [5, 5.41) is 0. The number of ether oxygens (including phenoxy) is 3. The second-order valence-electron chi connectivity index (χ2n) is 8.71. The molecule has 0 unspecified atom stereocenters. The fourth-order valence-electron chi connectivity index (χ4n) is 5.19. The van der Waals surface area contributed by atoms with E-state index in [-0.39, 0.29) is 23.6 Å². The van der Waals surface area contributed by atoms with Gasteiger partial charge in [-0.05, 0) is 43.9 Å². The molecule has 0 radical (unpaired) electrons. The van der Waals surface area contributed by atoms with Crippen molar-refractivity contribution in [3.63, 3.8) is 0 Å². The summed E-state index contributed by atoms with van der Waals surface area (Å²) in [6.45, 7) is 1.88. The molecule has 0 amide bonds. The zero-order valence-corrected chi connectivity index (χ0v) is 17.8. The fourth-order valence-corrected chi connectivity index (χ4v) is 5.19. The van der Waals surface area contributed by atoms with Crippen molar-refractivity contribution in [3.8, 4) is 11.5 Å². The minimum Gasteiger partial charge on any atom is -0.493 e. The summed E-state index contributed by atoms with van der Waals surface area (Å²) < 4.78 is 18.0. The Hall–Kier alpha value is -2.73. The molecule has 4 aliphatic rings. The Morgan fingerprint density at radius 3 is 2.97 bits per heavy atom. The van der Waals surface area contributed by atoms with Crippen molar-refractivity contribution in [2.75, 3.05) is 27.7 Å². The summed E-state index contributed by atoms with van der Waals surface area (Å²) in [6.07, 6.45) is 11.9. The lowest BCUT2D eigenvalue weighted by Crippen LogP contribution is -2.43. The molecular weight excluding hydrogens is 380 g/mol. The maximum atomic E-state index is 12.7. The Kier molecular flexibility index (Phi) is 4.62. The predicted molar refractivity (Wildman–Crippen MR) is 113 cm³/mol. The maximum absolute atomic E-state index is 12.7. The molecule has 1 aromatic carbocycles. The molecule has 0 aromatic heterocycles. The molecule has 5 rings (SSSR count). The number of hydrogen-bond donors (Lipinski definition) is 0. The SMILES string of the molecule is COc1ccc2c3c1O[C@H]1C[C@@H](OC(=O)C4=CN(C)C=CC4)C=C[C@@]31CCN(C)C2. The van der Waals surface area contributed by atoms with Gasteiger partial charge < -0.3 is 24.0 Å². The van der Waals surface area contributed by atoms with Gasteiger partial charge in [0.2, 0.25) is 0 Å². The fraction of sp³-hybridized carbons (Fsp3) is 0.458. The minimum absolute atomic E-state index is 0.0697. The van der Waals surface area contributed by atoms with Crippen LogP contribution >= 0.6 is 0 Å². The maximum Gasteiger partial charge on any atom is 0.336 e. The Morgan fingerprint density at radius 2 is 2.17 bits per heavy atom. The predicted octanol–water partition coefficient (Wildman–Crippen LogP) is 3.13. The molecule has 1 spiro atoms. The lowest BCUT2D eigenvalue weighted by atomic mass is 9.69. The molecule has 1 aliphatic carbocycles. The van der Waals surface area contributed by atoms with E-state index in [1.54, 1.807) is 7.11 Å². The quantitative estimate of drug-likeness (QED) is 0.566. The summed E-state index contributed by atoms with van der Waals surface area (Å²) in [4.78, 5) is 16.9. The van der Waals surface area contributed by atoms with Crippen molar-refractivity contribution in [2.45, 2.75) is 43.4 Å². The summed E-state index contributed by atoms with van der Waals surface area (Å²) >= 11 is 0. The number of esters is 1. The first kappa shape index (κ1) is 19.2. The van der Waals surface area contributed by atoms with Crippen molar-refractivity contribution in [2.24, 2.45) is 0 Å². The van der Waals surface area contributed by atoms with E-state index in [0.29, 0.717) is 18.4 Å². The third-order valence-corrected chi connectivity index (χ3v) is 6.69. The van der Waals surface area contributed by atoms with Gasteiger partial charge in [-0.15, -0.1) is 0 Å². The number of rotatable bonds is 3. The van der Waals surface area contributed by atoms with Crippen LogP contribution in [0.3, 0.4) is 0 Å². The van der Waals surface area contributed by atoms with Gasteiger partial charge in [0.1, 0.15) is 12.2 Å². The van der Waals surface area contributed by atoms with E-state index in [1.807, 2.05) is 36.5 Å². The topological polar surface area (TPSA) is 51.2 Å². The molecule has 6 nitrogen and oxygen atoms in total. The summed E-state index contributed by atoms with van der Waals surface area (Å²) in [5.41, 5.74) is 3.01. The van der Waals surface area contributed by atoms with E-state index in [2.05, 4.69) is 30.2 Å². The highest BCUT2D eigenvalue weighted by molar-refractivity contribution is 5.89. The lowest BCUT2D eigenvalue weighted by molar-refractivity contribution is -0.143. The zero-order valence-electron chi connectivity index (χ0n) is 17.8. The molecule has 30 heavy (non-hydrogen) atoms. The number of carbonyl (C=O) groups is 1. The Balaban J connectivity index is 1.44. The first-order valence-corrected chi connectivity index (χ1v) is 10.6. The normalized spacial score (nSPS) is 29.4. The van der Waals surface area contributed by atoms with Crippen molar-refractivity contribution in [1.29, 1.82) is 0 Å². The van der Waals surface area contributed by atoms with Gasteiger partial charge in [0.15, 0.2) is 11.5 Å². The highest BCUT2D eigenvalue weighted by Crippen LogP contribution is 2.55. The number of nitrogens with zero attached hydrogens (tertiary/aromatic N) is 2. The van der Waals surface area contributed by atoms with Crippen LogP contribution in [0.25, 0.3) is 0 Å². The largest absolute Gasteiger partial charge is 0.493 e. The van der Waals surface area contributed by atoms with Gasteiger partial charge in [0.25, 0.3) is 0 Å². The van der Waals surface area contributed by atoms with Crippen molar-refractivity contribution >= 4 is 5.97 Å². The number of carbonyl (C=O) groups excluding carboxylic acids is 1. The van der Waals surface area contributed by atoms with Crippen LogP contribution in [-0.2, 0) is 21.5 Å². The molecule has 3 aliphatic heterocycles. The van der Waals surface area contributed by atoms with E-state index in [4.69, 9.17) is 14.2 Å². The Morgan fingerprint density at radius 1 is 1.30 bits per heavy atom. The average Bonchev–Trinajstić information content (AvgIpc) is 2.99. The molecule has 6 heteroatoms. The van der Waals surface area contributed by atoms with E-state index >= 15 is 0 Å². The van der Waals surface area contributed by atoms with E-state index in [0.717, 1.165) is 31.0 Å². The van der Waals surface area contributed by atoms with Gasteiger partial charge in [0.05, 0.1) is 18.1 Å². The molecule has 0 saturated heterocycles. The van der Waals surface area contributed by atoms with Crippen LogP contribution in [0.1, 0.15) is 30.4 Å².